The van der Waals surface area contributed by atoms with Crippen LogP contribution in [-0.2, 0) is 0 Å². The number of nitrogens with one attached hydrogen (secondary N) is 1. The van der Waals surface area contributed by atoms with Crippen LogP contribution in [0.5, 0.6) is 5.88 Å². The highest BCUT2D eigenvalue weighted by atomic mass is 16.5. The third-order valence-corrected chi connectivity index (χ3v) is 3.11. The smallest absolute Gasteiger partial charge is 0.272 e. The van der Waals surface area contributed by atoms with Crippen molar-refractivity contribution in [1.82, 2.24) is 15.5 Å². The van der Waals surface area contributed by atoms with Crippen LogP contribution in [-0.4, -0.2) is 28.8 Å². The van der Waals surface area contributed by atoms with Crippen molar-refractivity contribution in [3.05, 3.63) is 17.8 Å². The van der Waals surface area contributed by atoms with Gasteiger partial charge in [0.2, 0.25) is 5.88 Å². The molecule has 1 heterocycles. The number of rotatable bonds is 4. The number of aromatic nitrogens is 2. The van der Waals surface area contributed by atoms with Crippen LogP contribution < -0.4 is 10.1 Å². The summed E-state index contributed by atoms with van der Waals surface area (Å²) in [6, 6.07) is 3.61. The van der Waals surface area contributed by atoms with Crippen molar-refractivity contribution in [2.24, 2.45) is 0 Å². The van der Waals surface area contributed by atoms with E-state index in [9.17, 15) is 4.79 Å². The second kappa shape index (κ2) is 6.33. The molecule has 0 atom stereocenters. The first-order valence-electron chi connectivity index (χ1n) is 6.57. The molecule has 98 valence electrons. The molecule has 0 aromatic carbocycles. The number of amides is 1. The fraction of sp³-hybridized carbons (Fsp3) is 0.615. The van der Waals surface area contributed by atoms with Gasteiger partial charge in [-0.3, -0.25) is 4.79 Å². The van der Waals surface area contributed by atoms with Gasteiger partial charge in [0.25, 0.3) is 5.91 Å². The van der Waals surface area contributed by atoms with Crippen molar-refractivity contribution < 1.29 is 9.53 Å². The van der Waals surface area contributed by atoms with Gasteiger partial charge in [0.05, 0.1) is 6.61 Å². The standard InChI is InChI=1S/C13H19N3O2/c1-2-18-12-9-8-11(15-16-12)13(17)14-10-6-4-3-5-7-10/h8-10H,2-7H2,1H3,(H,14,17). The first kappa shape index (κ1) is 12.8. The Labute approximate surface area is 107 Å². The highest BCUT2D eigenvalue weighted by molar-refractivity contribution is 5.92. The lowest BCUT2D eigenvalue weighted by Gasteiger charge is -2.22. The lowest BCUT2D eigenvalue weighted by atomic mass is 9.95. The first-order valence-corrected chi connectivity index (χ1v) is 6.57. The molecule has 1 fully saturated rings. The van der Waals surface area contributed by atoms with Gasteiger partial charge >= 0.3 is 0 Å². The molecule has 0 saturated heterocycles. The zero-order valence-corrected chi connectivity index (χ0v) is 10.7. The second-order valence-electron chi connectivity index (χ2n) is 4.50. The summed E-state index contributed by atoms with van der Waals surface area (Å²) < 4.78 is 5.19. The van der Waals surface area contributed by atoms with Gasteiger partial charge in [-0.2, -0.15) is 0 Å². The SMILES string of the molecule is CCOc1ccc(C(=O)NC2CCCCC2)nn1. The molecule has 1 aromatic rings. The topological polar surface area (TPSA) is 64.1 Å². The molecule has 1 saturated carbocycles. The van der Waals surface area contributed by atoms with E-state index in [2.05, 4.69) is 15.5 Å². The predicted molar refractivity (Wildman–Crippen MR) is 67.5 cm³/mol. The number of ether oxygens (including phenoxy) is 1. The fourth-order valence-corrected chi connectivity index (χ4v) is 2.17. The quantitative estimate of drug-likeness (QED) is 0.885. The van der Waals surface area contributed by atoms with E-state index in [1.165, 1.54) is 19.3 Å². The zero-order valence-electron chi connectivity index (χ0n) is 10.7. The van der Waals surface area contributed by atoms with E-state index in [-0.39, 0.29) is 5.91 Å². The molecule has 0 radical (unpaired) electrons. The van der Waals surface area contributed by atoms with Crippen LogP contribution in [0, 0.1) is 0 Å². The van der Waals surface area contributed by atoms with Gasteiger partial charge < -0.3 is 10.1 Å². The summed E-state index contributed by atoms with van der Waals surface area (Å²) >= 11 is 0. The summed E-state index contributed by atoms with van der Waals surface area (Å²) in [5, 5.41) is 10.7. The molecule has 1 amide bonds. The zero-order chi connectivity index (χ0) is 12.8. The number of hydrogen-bond donors (Lipinski definition) is 1. The Morgan fingerprint density at radius 1 is 1.33 bits per heavy atom. The summed E-state index contributed by atoms with van der Waals surface area (Å²) in [7, 11) is 0. The highest BCUT2D eigenvalue weighted by Gasteiger charge is 2.17. The minimum Gasteiger partial charge on any atom is -0.477 e. The van der Waals surface area contributed by atoms with Crippen LogP contribution in [0.3, 0.4) is 0 Å². The van der Waals surface area contributed by atoms with Crippen molar-refractivity contribution in [2.75, 3.05) is 6.61 Å². The van der Waals surface area contributed by atoms with Crippen molar-refractivity contribution in [1.29, 1.82) is 0 Å². The van der Waals surface area contributed by atoms with Crippen molar-refractivity contribution in [2.45, 2.75) is 45.1 Å². The van der Waals surface area contributed by atoms with Gasteiger partial charge in [-0.1, -0.05) is 19.3 Å². The second-order valence-corrected chi connectivity index (χ2v) is 4.50. The minimum absolute atomic E-state index is 0.141. The summed E-state index contributed by atoms with van der Waals surface area (Å²) in [6.45, 7) is 2.42. The Balaban J connectivity index is 1.91. The molecular formula is C13H19N3O2. The Morgan fingerprint density at radius 3 is 2.72 bits per heavy atom. The van der Waals surface area contributed by atoms with Crippen LogP contribution in [0.25, 0.3) is 0 Å². The molecule has 1 N–H and O–H groups in total. The van der Waals surface area contributed by atoms with Gasteiger partial charge in [-0.05, 0) is 25.8 Å². The molecule has 18 heavy (non-hydrogen) atoms. The Bertz CT molecular complexity index is 386. The van der Waals surface area contributed by atoms with E-state index in [0.717, 1.165) is 12.8 Å². The van der Waals surface area contributed by atoms with E-state index in [0.29, 0.717) is 24.2 Å². The van der Waals surface area contributed by atoms with Crippen molar-refractivity contribution in [3.8, 4) is 5.88 Å². The van der Waals surface area contributed by atoms with Gasteiger partial charge in [0, 0.05) is 12.1 Å². The summed E-state index contributed by atoms with van der Waals surface area (Å²) in [4.78, 5) is 11.9. The number of nitrogens with zero attached hydrogens (tertiary/aromatic N) is 2. The monoisotopic (exact) mass is 249 g/mol. The Morgan fingerprint density at radius 2 is 2.11 bits per heavy atom. The lowest BCUT2D eigenvalue weighted by molar-refractivity contribution is 0.0921. The van der Waals surface area contributed by atoms with Gasteiger partial charge in [-0.25, -0.2) is 0 Å². The molecule has 0 bridgehead atoms. The van der Waals surface area contributed by atoms with Crippen LogP contribution in [0.4, 0.5) is 0 Å². The van der Waals surface area contributed by atoms with Crippen molar-refractivity contribution in [3.63, 3.8) is 0 Å². The van der Waals surface area contributed by atoms with Gasteiger partial charge in [0.15, 0.2) is 5.69 Å². The van der Waals surface area contributed by atoms with E-state index in [1.807, 2.05) is 6.92 Å². The summed E-state index contributed by atoms with van der Waals surface area (Å²) in [5.74, 6) is 0.309. The van der Waals surface area contributed by atoms with Crippen LogP contribution in [0.15, 0.2) is 12.1 Å². The average molecular weight is 249 g/mol. The molecule has 1 aliphatic rings. The minimum atomic E-state index is -0.141. The van der Waals surface area contributed by atoms with E-state index in [4.69, 9.17) is 4.74 Å². The molecule has 1 aromatic heterocycles. The average Bonchev–Trinajstić information content (AvgIpc) is 2.41. The van der Waals surface area contributed by atoms with Crippen LogP contribution in [0.1, 0.15) is 49.5 Å². The molecular weight excluding hydrogens is 230 g/mol. The lowest BCUT2D eigenvalue weighted by Crippen LogP contribution is -2.36. The highest BCUT2D eigenvalue weighted by Crippen LogP contribution is 2.17. The largest absolute Gasteiger partial charge is 0.477 e. The molecule has 1 aliphatic carbocycles. The third-order valence-electron chi connectivity index (χ3n) is 3.11. The van der Waals surface area contributed by atoms with Gasteiger partial charge in [-0.15, -0.1) is 10.2 Å². The maximum absolute atomic E-state index is 11.9. The molecule has 0 spiro atoms. The van der Waals surface area contributed by atoms with Crippen LogP contribution in [0.2, 0.25) is 0 Å². The predicted octanol–water partition coefficient (Wildman–Crippen LogP) is 1.94. The summed E-state index contributed by atoms with van der Waals surface area (Å²) in [6.07, 6.45) is 5.79. The fourth-order valence-electron chi connectivity index (χ4n) is 2.17. The normalized spacial score (nSPS) is 16.3. The molecule has 0 aliphatic heterocycles. The van der Waals surface area contributed by atoms with Gasteiger partial charge in [0.1, 0.15) is 0 Å². The maximum atomic E-state index is 11.9. The summed E-state index contributed by atoms with van der Waals surface area (Å²) in [5.41, 5.74) is 0.351. The molecule has 2 rings (SSSR count). The third kappa shape index (κ3) is 3.42. The Kier molecular flexibility index (Phi) is 4.50. The van der Waals surface area contributed by atoms with E-state index >= 15 is 0 Å². The first-order chi connectivity index (χ1) is 8.79. The van der Waals surface area contributed by atoms with Crippen LogP contribution >= 0.6 is 0 Å². The molecule has 5 heteroatoms. The molecule has 5 nitrogen and oxygen atoms in total. The number of carbonyl (C=O) groups is 1. The van der Waals surface area contributed by atoms with Crippen molar-refractivity contribution >= 4 is 5.91 Å². The number of hydrogen-bond acceptors (Lipinski definition) is 4. The van der Waals surface area contributed by atoms with E-state index < -0.39 is 0 Å². The maximum Gasteiger partial charge on any atom is 0.272 e. The van der Waals surface area contributed by atoms with E-state index in [1.54, 1.807) is 12.1 Å². The Hall–Kier alpha value is -1.65. The molecule has 0 unspecified atom stereocenters. The number of carbonyl (C=O) groups excluding carboxylic acids is 1.